The summed E-state index contributed by atoms with van der Waals surface area (Å²) < 4.78 is 5.12. The van der Waals surface area contributed by atoms with Crippen molar-refractivity contribution in [1.82, 2.24) is 9.97 Å². The molecule has 2 rings (SSSR count). The van der Waals surface area contributed by atoms with E-state index in [2.05, 4.69) is 14.9 Å². The summed E-state index contributed by atoms with van der Waals surface area (Å²) in [5, 5.41) is 0. The van der Waals surface area contributed by atoms with E-state index in [9.17, 15) is 0 Å². The molecule has 0 aromatic carbocycles. The third kappa shape index (κ3) is 2.26. The standard InChI is InChI=1S/C11H17N3O/c1-8-4-11(13-9(2)12-8)14-5-10(6-14)7-15-3/h4,10H,5-7H2,1-3H3. The molecule has 0 N–H and O–H groups in total. The minimum atomic E-state index is 0.658. The maximum absolute atomic E-state index is 5.12. The molecule has 0 saturated carbocycles. The van der Waals surface area contributed by atoms with Crippen LogP contribution in [0.3, 0.4) is 0 Å². The Morgan fingerprint density at radius 2 is 2.13 bits per heavy atom. The summed E-state index contributed by atoms with van der Waals surface area (Å²) in [5.41, 5.74) is 1.03. The number of nitrogens with zero attached hydrogens (tertiary/aromatic N) is 3. The Hall–Kier alpha value is -1.16. The predicted molar refractivity (Wildman–Crippen MR) is 59.1 cm³/mol. The largest absolute Gasteiger partial charge is 0.384 e. The lowest BCUT2D eigenvalue weighted by molar-refractivity contribution is 0.137. The van der Waals surface area contributed by atoms with Crippen molar-refractivity contribution in [3.8, 4) is 0 Å². The number of aryl methyl sites for hydroxylation is 2. The van der Waals surface area contributed by atoms with Gasteiger partial charge < -0.3 is 9.64 Å². The zero-order chi connectivity index (χ0) is 10.8. The first-order valence-corrected chi connectivity index (χ1v) is 5.25. The molecule has 4 heteroatoms. The molecular formula is C11H17N3O. The van der Waals surface area contributed by atoms with Crippen molar-refractivity contribution < 1.29 is 4.74 Å². The minimum Gasteiger partial charge on any atom is -0.384 e. The molecule has 1 aromatic rings. The second-order valence-electron chi connectivity index (χ2n) is 4.14. The van der Waals surface area contributed by atoms with Gasteiger partial charge >= 0.3 is 0 Å². The fraction of sp³-hybridized carbons (Fsp3) is 0.636. The van der Waals surface area contributed by atoms with Crippen LogP contribution in [0, 0.1) is 19.8 Å². The molecule has 0 unspecified atom stereocenters. The first kappa shape index (κ1) is 10.4. The van der Waals surface area contributed by atoms with Gasteiger partial charge in [0.15, 0.2) is 0 Å². The molecule has 2 heterocycles. The summed E-state index contributed by atoms with van der Waals surface area (Å²) >= 11 is 0. The lowest BCUT2D eigenvalue weighted by Crippen LogP contribution is -2.49. The van der Waals surface area contributed by atoms with E-state index in [4.69, 9.17) is 4.74 Å². The molecule has 1 fully saturated rings. The molecular weight excluding hydrogens is 190 g/mol. The van der Waals surface area contributed by atoms with E-state index in [1.807, 2.05) is 19.9 Å². The van der Waals surface area contributed by atoms with Crippen molar-refractivity contribution in [2.75, 3.05) is 31.7 Å². The number of rotatable bonds is 3. The van der Waals surface area contributed by atoms with E-state index in [-0.39, 0.29) is 0 Å². The monoisotopic (exact) mass is 207 g/mol. The molecule has 0 radical (unpaired) electrons. The summed E-state index contributed by atoms with van der Waals surface area (Å²) in [6, 6.07) is 2.04. The highest BCUT2D eigenvalue weighted by Gasteiger charge is 2.27. The van der Waals surface area contributed by atoms with Gasteiger partial charge in [0.1, 0.15) is 11.6 Å². The topological polar surface area (TPSA) is 38.2 Å². The van der Waals surface area contributed by atoms with E-state index in [0.717, 1.165) is 37.0 Å². The Labute approximate surface area is 90.3 Å². The van der Waals surface area contributed by atoms with Crippen LogP contribution >= 0.6 is 0 Å². The second-order valence-corrected chi connectivity index (χ2v) is 4.14. The number of methoxy groups -OCH3 is 1. The molecule has 0 atom stereocenters. The molecule has 82 valence electrons. The Morgan fingerprint density at radius 1 is 1.40 bits per heavy atom. The summed E-state index contributed by atoms with van der Waals surface area (Å²) in [6.07, 6.45) is 0. The van der Waals surface area contributed by atoms with Crippen LogP contribution in [0.5, 0.6) is 0 Å². The Morgan fingerprint density at radius 3 is 2.73 bits per heavy atom. The van der Waals surface area contributed by atoms with Crippen molar-refractivity contribution in [2.24, 2.45) is 5.92 Å². The zero-order valence-electron chi connectivity index (χ0n) is 9.53. The van der Waals surface area contributed by atoms with Crippen LogP contribution in [0.4, 0.5) is 5.82 Å². The van der Waals surface area contributed by atoms with Gasteiger partial charge in [0.05, 0.1) is 6.61 Å². The molecule has 0 aliphatic carbocycles. The number of hydrogen-bond acceptors (Lipinski definition) is 4. The van der Waals surface area contributed by atoms with Gasteiger partial charge in [-0.1, -0.05) is 0 Å². The summed E-state index contributed by atoms with van der Waals surface area (Å²) in [4.78, 5) is 11.0. The van der Waals surface area contributed by atoms with Gasteiger partial charge in [-0.3, -0.25) is 0 Å². The molecule has 1 aliphatic rings. The summed E-state index contributed by atoms with van der Waals surface area (Å²) in [5.74, 6) is 2.55. The molecule has 1 aliphatic heterocycles. The zero-order valence-corrected chi connectivity index (χ0v) is 9.53. The van der Waals surface area contributed by atoms with Crippen LogP contribution in [0.15, 0.2) is 6.07 Å². The molecule has 0 amide bonds. The van der Waals surface area contributed by atoms with Crippen LogP contribution in [-0.4, -0.2) is 36.8 Å². The van der Waals surface area contributed by atoms with Crippen LogP contribution in [-0.2, 0) is 4.74 Å². The lowest BCUT2D eigenvalue weighted by Gasteiger charge is -2.39. The van der Waals surface area contributed by atoms with Gasteiger partial charge in [-0.05, 0) is 13.8 Å². The van der Waals surface area contributed by atoms with Crippen LogP contribution in [0.2, 0.25) is 0 Å². The quantitative estimate of drug-likeness (QED) is 0.746. The first-order chi connectivity index (χ1) is 7.19. The van der Waals surface area contributed by atoms with E-state index in [1.54, 1.807) is 7.11 Å². The van der Waals surface area contributed by atoms with E-state index < -0.39 is 0 Å². The van der Waals surface area contributed by atoms with Crippen molar-refractivity contribution >= 4 is 5.82 Å². The summed E-state index contributed by atoms with van der Waals surface area (Å²) in [7, 11) is 1.75. The normalized spacial score (nSPS) is 16.6. The average Bonchev–Trinajstić information content (AvgIpc) is 2.08. The number of ether oxygens (including phenoxy) is 1. The highest BCUT2D eigenvalue weighted by Crippen LogP contribution is 2.23. The third-order valence-electron chi connectivity index (χ3n) is 2.64. The second kappa shape index (κ2) is 4.14. The molecule has 15 heavy (non-hydrogen) atoms. The molecule has 0 bridgehead atoms. The number of hydrogen-bond donors (Lipinski definition) is 0. The van der Waals surface area contributed by atoms with E-state index in [0.29, 0.717) is 5.92 Å². The van der Waals surface area contributed by atoms with Gasteiger partial charge in [-0.25, -0.2) is 9.97 Å². The van der Waals surface area contributed by atoms with Gasteiger partial charge in [0.25, 0.3) is 0 Å². The highest BCUT2D eigenvalue weighted by molar-refractivity contribution is 5.42. The molecule has 1 aromatic heterocycles. The highest BCUT2D eigenvalue weighted by atomic mass is 16.5. The third-order valence-corrected chi connectivity index (χ3v) is 2.64. The van der Waals surface area contributed by atoms with Crippen molar-refractivity contribution in [3.63, 3.8) is 0 Å². The molecule has 1 saturated heterocycles. The Balaban J connectivity index is 2.00. The predicted octanol–water partition coefficient (Wildman–Crippen LogP) is 1.18. The maximum atomic E-state index is 5.12. The average molecular weight is 207 g/mol. The van der Waals surface area contributed by atoms with Gasteiger partial charge in [-0.15, -0.1) is 0 Å². The van der Waals surface area contributed by atoms with E-state index in [1.165, 1.54) is 0 Å². The van der Waals surface area contributed by atoms with Crippen molar-refractivity contribution in [3.05, 3.63) is 17.6 Å². The Kier molecular flexibility index (Phi) is 2.86. The summed E-state index contributed by atoms with van der Waals surface area (Å²) in [6.45, 7) is 6.88. The van der Waals surface area contributed by atoms with Gasteiger partial charge in [-0.2, -0.15) is 0 Å². The fourth-order valence-electron chi connectivity index (χ4n) is 1.96. The van der Waals surface area contributed by atoms with Crippen molar-refractivity contribution in [1.29, 1.82) is 0 Å². The van der Waals surface area contributed by atoms with Crippen LogP contribution in [0.1, 0.15) is 11.5 Å². The molecule has 0 spiro atoms. The first-order valence-electron chi connectivity index (χ1n) is 5.25. The maximum Gasteiger partial charge on any atom is 0.132 e. The van der Waals surface area contributed by atoms with Crippen LogP contribution < -0.4 is 4.90 Å². The SMILES string of the molecule is COCC1CN(c2cc(C)nc(C)n2)C1. The molecule has 4 nitrogen and oxygen atoms in total. The fourth-order valence-corrected chi connectivity index (χ4v) is 1.96. The van der Waals surface area contributed by atoms with Gasteiger partial charge in [0, 0.05) is 37.9 Å². The number of aromatic nitrogens is 2. The number of anilines is 1. The smallest absolute Gasteiger partial charge is 0.132 e. The lowest BCUT2D eigenvalue weighted by atomic mass is 10.0. The van der Waals surface area contributed by atoms with Gasteiger partial charge in [0.2, 0.25) is 0 Å². The Bertz CT molecular complexity index is 327. The van der Waals surface area contributed by atoms with Crippen LogP contribution in [0.25, 0.3) is 0 Å². The van der Waals surface area contributed by atoms with E-state index >= 15 is 0 Å². The van der Waals surface area contributed by atoms with Crippen molar-refractivity contribution in [2.45, 2.75) is 13.8 Å². The minimum absolute atomic E-state index is 0.658.